The average Bonchev–Trinajstić information content (AvgIpc) is 2.63. The highest BCUT2D eigenvalue weighted by Gasteiger charge is 2.35. The van der Waals surface area contributed by atoms with Crippen LogP contribution in [0.25, 0.3) is 11.3 Å². The smallest absolute Gasteiger partial charge is 0.381 e. The number of alkyl halides is 3. The van der Waals surface area contributed by atoms with Gasteiger partial charge in [0.1, 0.15) is 0 Å². The molecule has 0 bridgehead atoms. The molecule has 1 aromatic heterocycles. The van der Waals surface area contributed by atoms with Crippen molar-refractivity contribution in [2.75, 3.05) is 5.73 Å². The number of hydrogen-bond acceptors (Lipinski definition) is 3. The first kappa shape index (κ1) is 12.0. The Hall–Kier alpha value is -1.50. The zero-order valence-corrected chi connectivity index (χ0v) is 9.84. The lowest BCUT2D eigenvalue weighted by Gasteiger charge is -2.11. The van der Waals surface area contributed by atoms with E-state index >= 15 is 0 Å². The van der Waals surface area contributed by atoms with Gasteiger partial charge in [-0.15, -0.1) is 0 Å². The summed E-state index contributed by atoms with van der Waals surface area (Å²) in [5, 5.41) is 3.37. The van der Waals surface area contributed by atoms with Gasteiger partial charge < -0.3 is 10.3 Å². The maximum absolute atomic E-state index is 12.8. The van der Waals surface area contributed by atoms with Gasteiger partial charge in [0, 0.05) is 16.1 Å². The van der Waals surface area contributed by atoms with Crippen LogP contribution in [-0.4, -0.2) is 5.16 Å². The number of aromatic nitrogens is 1. The van der Waals surface area contributed by atoms with E-state index in [1.54, 1.807) is 0 Å². The third kappa shape index (κ3) is 2.28. The number of nitrogens with zero attached hydrogens (tertiary/aromatic N) is 1. The Kier molecular flexibility index (Phi) is 2.86. The Bertz CT molecular complexity index is 551. The van der Waals surface area contributed by atoms with Crippen LogP contribution >= 0.6 is 15.9 Å². The van der Waals surface area contributed by atoms with Crippen LogP contribution in [0, 0.1) is 0 Å². The monoisotopic (exact) mass is 306 g/mol. The molecule has 0 aliphatic heterocycles. The minimum absolute atomic E-state index is 0.0256. The molecule has 0 saturated carbocycles. The van der Waals surface area contributed by atoms with Crippen LogP contribution < -0.4 is 5.73 Å². The van der Waals surface area contributed by atoms with Crippen molar-refractivity contribution in [1.29, 1.82) is 0 Å². The molecule has 0 aliphatic carbocycles. The van der Waals surface area contributed by atoms with Crippen molar-refractivity contribution in [3.63, 3.8) is 0 Å². The van der Waals surface area contributed by atoms with Gasteiger partial charge in [-0.1, -0.05) is 27.2 Å². The molecule has 7 heteroatoms. The van der Waals surface area contributed by atoms with Crippen molar-refractivity contribution in [3.8, 4) is 11.3 Å². The van der Waals surface area contributed by atoms with Crippen molar-refractivity contribution >= 4 is 21.7 Å². The second-order valence-electron chi connectivity index (χ2n) is 3.28. The molecule has 1 heterocycles. The zero-order valence-electron chi connectivity index (χ0n) is 8.25. The van der Waals surface area contributed by atoms with Gasteiger partial charge >= 0.3 is 6.18 Å². The van der Waals surface area contributed by atoms with Crippen LogP contribution in [0.1, 0.15) is 5.56 Å². The van der Waals surface area contributed by atoms with E-state index in [1.807, 2.05) is 0 Å². The third-order valence-electron chi connectivity index (χ3n) is 2.09. The summed E-state index contributed by atoms with van der Waals surface area (Å²) in [4.78, 5) is 0. The number of rotatable bonds is 1. The van der Waals surface area contributed by atoms with Crippen LogP contribution in [0.15, 0.2) is 33.3 Å². The number of benzene rings is 1. The van der Waals surface area contributed by atoms with Gasteiger partial charge in [0.15, 0.2) is 11.6 Å². The van der Waals surface area contributed by atoms with Crippen molar-refractivity contribution in [2.24, 2.45) is 0 Å². The van der Waals surface area contributed by atoms with E-state index in [0.29, 0.717) is 0 Å². The second kappa shape index (κ2) is 4.06. The molecule has 1 aromatic carbocycles. The molecule has 0 radical (unpaired) electrons. The molecule has 0 unspecified atom stereocenters. The average molecular weight is 307 g/mol. The van der Waals surface area contributed by atoms with E-state index in [0.717, 1.165) is 6.07 Å². The Balaban J connectivity index is 2.67. The molecule has 2 aromatic rings. The maximum atomic E-state index is 12.8. The van der Waals surface area contributed by atoms with Crippen LogP contribution in [0.2, 0.25) is 0 Å². The topological polar surface area (TPSA) is 52.0 Å². The van der Waals surface area contributed by atoms with E-state index in [9.17, 15) is 13.2 Å². The predicted molar refractivity (Wildman–Crippen MR) is 59.1 cm³/mol. The normalized spacial score (nSPS) is 11.8. The SMILES string of the molecule is Nc1cc(-c2c(Br)cccc2C(F)(F)F)on1. The third-order valence-corrected chi connectivity index (χ3v) is 2.75. The first-order chi connectivity index (χ1) is 7.89. The van der Waals surface area contributed by atoms with Gasteiger partial charge in [-0.25, -0.2) is 0 Å². The summed E-state index contributed by atoms with van der Waals surface area (Å²) in [5.74, 6) is 0.00572. The maximum Gasteiger partial charge on any atom is 0.417 e. The zero-order chi connectivity index (χ0) is 12.6. The minimum atomic E-state index is -4.47. The van der Waals surface area contributed by atoms with Gasteiger partial charge in [0.05, 0.1) is 5.56 Å². The Morgan fingerprint density at radius 2 is 2.00 bits per heavy atom. The van der Waals surface area contributed by atoms with Crippen LogP contribution in [0.5, 0.6) is 0 Å². The Morgan fingerprint density at radius 3 is 2.53 bits per heavy atom. The molecule has 0 aliphatic rings. The van der Waals surface area contributed by atoms with Gasteiger partial charge in [0.25, 0.3) is 0 Å². The number of hydrogen-bond donors (Lipinski definition) is 1. The van der Waals surface area contributed by atoms with Gasteiger partial charge in [-0.05, 0) is 12.1 Å². The molecule has 3 nitrogen and oxygen atoms in total. The molecule has 2 N–H and O–H groups in total. The van der Waals surface area contributed by atoms with Crippen molar-refractivity contribution in [3.05, 3.63) is 34.3 Å². The van der Waals surface area contributed by atoms with E-state index in [1.165, 1.54) is 18.2 Å². The van der Waals surface area contributed by atoms with Crippen molar-refractivity contribution in [2.45, 2.75) is 6.18 Å². The van der Waals surface area contributed by atoms with Gasteiger partial charge in [-0.2, -0.15) is 13.2 Å². The highest BCUT2D eigenvalue weighted by Crippen LogP contribution is 2.41. The number of halogens is 4. The fourth-order valence-electron chi connectivity index (χ4n) is 1.42. The van der Waals surface area contributed by atoms with Crippen molar-refractivity contribution < 1.29 is 17.7 Å². The summed E-state index contributed by atoms with van der Waals surface area (Å²) in [7, 11) is 0. The largest absolute Gasteiger partial charge is 0.417 e. The summed E-state index contributed by atoms with van der Waals surface area (Å²) in [5.41, 5.74) is 4.41. The van der Waals surface area contributed by atoms with Gasteiger partial charge in [-0.3, -0.25) is 0 Å². The first-order valence-corrected chi connectivity index (χ1v) is 5.27. The molecule has 0 fully saturated rings. The number of nitrogens with two attached hydrogens (primary N) is 1. The van der Waals surface area contributed by atoms with E-state index in [2.05, 4.69) is 21.1 Å². The molecule has 0 atom stereocenters. The summed E-state index contributed by atoms with van der Waals surface area (Å²) in [6.45, 7) is 0. The predicted octanol–water partition coefficient (Wildman–Crippen LogP) is 3.71. The molecule has 2 rings (SSSR count). The highest BCUT2D eigenvalue weighted by atomic mass is 79.9. The standard InChI is InChI=1S/C10H6BrF3N2O/c11-6-3-1-2-5(10(12,13)14)9(6)7-4-8(15)16-17-7/h1-4H,(H2,15,16). The van der Waals surface area contributed by atoms with Crippen LogP contribution in [0.4, 0.5) is 19.0 Å². The number of nitrogen functional groups attached to an aromatic ring is 1. The van der Waals surface area contributed by atoms with E-state index in [-0.39, 0.29) is 21.6 Å². The molecule has 90 valence electrons. The second-order valence-corrected chi connectivity index (χ2v) is 4.13. The molecular formula is C10H6BrF3N2O. The molecule has 17 heavy (non-hydrogen) atoms. The first-order valence-electron chi connectivity index (χ1n) is 4.48. The molecular weight excluding hydrogens is 301 g/mol. The summed E-state index contributed by atoms with van der Waals surface area (Å²) >= 11 is 3.06. The minimum Gasteiger partial charge on any atom is -0.381 e. The fourth-order valence-corrected chi connectivity index (χ4v) is 1.98. The Labute approximate surface area is 103 Å². The molecule has 0 amide bonds. The van der Waals surface area contributed by atoms with E-state index < -0.39 is 11.7 Å². The lowest BCUT2D eigenvalue weighted by atomic mass is 10.1. The quantitative estimate of drug-likeness (QED) is 0.874. The molecule has 0 spiro atoms. The summed E-state index contributed by atoms with van der Waals surface area (Å²) in [6, 6.07) is 5.01. The lowest BCUT2D eigenvalue weighted by Crippen LogP contribution is -2.07. The summed E-state index contributed by atoms with van der Waals surface area (Å²) < 4.78 is 43.4. The van der Waals surface area contributed by atoms with Gasteiger partial charge in [0.2, 0.25) is 0 Å². The van der Waals surface area contributed by atoms with Crippen LogP contribution in [0.3, 0.4) is 0 Å². The van der Waals surface area contributed by atoms with E-state index in [4.69, 9.17) is 10.3 Å². The summed E-state index contributed by atoms with van der Waals surface area (Å²) in [6.07, 6.45) is -4.47. The van der Waals surface area contributed by atoms with Crippen LogP contribution in [-0.2, 0) is 6.18 Å². The fraction of sp³-hybridized carbons (Fsp3) is 0.100. The number of anilines is 1. The van der Waals surface area contributed by atoms with Crippen molar-refractivity contribution in [1.82, 2.24) is 5.16 Å². The Morgan fingerprint density at radius 1 is 1.29 bits per heavy atom. The lowest BCUT2D eigenvalue weighted by molar-refractivity contribution is -0.137. The molecule has 0 saturated heterocycles. The highest BCUT2D eigenvalue weighted by molar-refractivity contribution is 9.10.